The van der Waals surface area contributed by atoms with Crippen LogP contribution < -0.4 is 0 Å². The number of benzene rings is 1. The molecule has 0 bridgehead atoms. The normalized spacial score (nSPS) is 23.7. The van der Waals surface area contributed by atoms with Crippen molar-refractivity contribution in [2.45, 2.75) is 36.7 Å². The zero-order valence-electron chi connectivity index (χ0n) is 11.5. The van der Waals surface area contributed by atoms with Gasteiger partial charge in [-0.1, -0.05) is 23.7 Å². The molecule has 3 rings (SSSR count). The second-order valence-electron chi connectivity index (χ2n) is 5.30. The van der Waals surface area contributed by atoms with E-state index in [1.54, 1.807) is 16.4 Å². The fourth-order valence-corrected chi connectivity index (χ4v) is 4.53. The van der Waals surface area contributed by atoms with Crippen molar-refractivity contribution in [3.8, 4) is 0 Å². The summed E-state index contributed by atoms with van der Waals surface area (Å²) in [6, 6.07) is 6.94. The van der Waals surface area contributed by atoms with Crippen LogP contribution in [0.3, 0.4) is 0 Å². The Morgan fingerprint density at radius 3 is 2.38 bits per heavy atom. The van der Waals surface area contributed by atoms with Crippen molar-refractivity contribution in [3.05, 3.63) is 29.8 Å². The van der Waals surface area contributed by atoms with Gasteiger partial charge >= 0.3 is 0 Å². The van der Waals surface area contributed by atoms with Gasteiger partial charge in [-0.05, 0) is 46.5 Å². The van der Waals surface area contributed by atoms with Crippen LogP contribution in [-0.2, 0) is 14.9 Å². The quantitative estimate of drug-likeness (QED) is 0.818. The molecule has 0 amide bonds. The zero-order valence-corrected chi connectivity index (χ0v) is 13.9. The van der Waals surface area contributed by atoms with Gasteiger partial charge in [0.15, 0.2) is 6.10 Å². The van der Waals surface area contributed by atoms with E-state index in [-0.39, 0.29) is 6.10 Å². The number of halogens is 1. The Bertz CT molecular complexity index is 637. The summed E-state index contributed by atoms with van der Waals surface area (Å²) in [6.07, 6.45) is 3.54. The summed E-state index contributed by atoms with van der Waals surface area (Å²) >= 11 is 3.30. The predicted octanol–water partition coefficient (Wildman–Crippen LogP) is 3.03. The van der Waals surface area contributed by atoms with Crippen LogP contribution in [0.25, 0.3) is 0 Å². The van der Waals surface area contributed by atoms with E-state index in [0.29, 0.717) is 24.4 Å². The summed E-state index contributed by atoms with van der Waals surface area (Å²) in [5.41, 5.74) is 0.936. The minimum absolute atomic E-state index is 0.133. The first-order valence-corrected chi connectivity index (χ1v) is 9.29. The van der Waals surface area contributed by atoms with Crippen molar-refractivity contribution >= 4 is 30.6 Å². The first-order valence-electron chi connectivity index (χ1n) is 7.06. The van der Waals surface area contributed by atoms with E-state index < -0.39 is 10.0 Å². The van der Waals surface area contributed by atoms with E-state index in [1.807, 2.05) is 12.1 Å². The molecule has 0 unspecified atom stereocenters. The van der Waals surface area contributed by atoms with Gasteiger partial charge in [0.2, 0.25) is 10.0 Å². The lowest BCUT2D eigenvalue weighted by Crippen LogP contribution is -2.35. The number of sulfonamides is 1. The molecule has 2 heterocycles. The van der Waals surface area contributed by atoms with Gasteiger partial charge < -0.3 is 4.84 Å². The number of hydrogen-bond donors (Lipinski definition) is 0. The molecule has 1 atom stereocenters. The lowest BCUT2D eigenvalue weighted by molar-refractivity contribution is 0.0857. The molecule has 21 heavy (non-hydrogen) atoms. The highest BCUT2D eigenvalue weighted by Gasteiger charge is 2.27. The minimum atomic E-state index is -3.36. The standard InChI is InChI=1S/C14H17BrN2O3S/c15-14-10-13(20-16-14)11-4-6-12(7-5-11)21(18,19)17-8-2-1-3-9-17/h4-7,13H,1-3,8-10H2/t13-/m0/s1. The number of hydrogen-bond acceptors (Lipinski definition) is 4. The molecule has 1 aromatic carbocycles. The van der Waals surface area contributed by atoms with Crippen molar-refractivity contribution in [3.63, 3.8) is 0 Å². The number of piperidine rings is 1. The molecule has 0 aromatic heterocycles. The molecule has 0 saturated carbocycles. The summed E-state index contributed by atoms with van der Waals surface area (Å²) in [4.78, 5) is 5.63. The van der Waals surface area contributed by atoms with Crippen molar-refractivity contribution in [2.75, 3.05) is 13.1 Å². The topological polar surface area (TPSA) is 59.0 Å². The van der Waals surface area contributed by atoms with Gasteiger partial charge in [-0.2, -0.15) is 4.31 Å². The summed E-state index contributed by atoms with van der Waals surface area (Å²) in [7, 11) is -3.36. The van der Waals surface area contributed by atoms with E-state index in [2.05, 4.69) is 21.1 Å². The fraction of sp³-hybridized carbons (Fsp3) is 0.500. The highest BCUT2D eigenvalue weighted by molar-refractivity contribution is 9.18. The Labute approximate surface area is 133 Å². The first-order chi connectivity index (χ1) is 10.1. The van der Waals surface area contributed by atoms with E-state index in [1.165, 1.54) is 0 Å². The van der Waals surface area contributed by atoms with E-state index in [0.717, 1.165) is 29.4 Å². The molecule has 5 nitrogen and oxygen atoms in total. The van der Waals surface area contributed by atoms with E-state index in [9.17, 15) is 8.42 Å². The second kappa shape index (κ2) is 6.06. The second-order valence-corrected chi connectivity index (χ2v) is 8.15. The predicted molar refractivity (Wildman–Crippen MR) is 83.9 cm³/mol. The van der Waals surface area contributed by atoms with Crippen LogP contribution in [0.15, 0.2) is 34.3 Å². The third kappa shape index (κ3) is 3.14. The largest absolute Gasteiger partial charge is 0.386 e. The number of nitrogens with zero attached hydrogens (tertiary/aromatic N) is 2. The Kier molecular flexibility index (Phi) is 4.33. The van der Waals surface area contributed by atoms with Crippen molar-refractivity contribution in [2.24, 2.45) is 5.16 Å². The summed E-state index contributed by atoms with van der Waals surface area (Å²) in [5.74, 6) is 0. The van der Waals surface area contributed by atoms with Gasteiger partial charge in [0.1, 0.15) is 4.62 Å². The van der Waals surface area contributed by atoms with Gasteiger partial charge in [-0.3, -0.25) is 0 Å². The van der Waals surface area contributed by atoms with E-state index in [4.69, 9.17) is 4.84 Å². The first kappa shape index (κ1) is 15.0. The van der Waals surface area contributed by atoms with Crippen molar-refractivity contribution < 1.29 is 13.3 Å². The Balaban J connectivity index is 1.77. The molecule has 0 aliphatic carbocycles. The third-order valence-electron chi connectivity index (χ3n) is 3.84. The van der Waals surface area contributed by atoms with Gasteiger partial charge in [-0.15, -0.1) is 0 Å². The number of oxime groups is 1. The highest BCUT2D eigenvalue weighted by atomic mass is 79.9. The van der Waals surface area contributed by atoms with Crippen molar-refractivity contribution in [1.29, 1.82) is 0 Å². The average molecular weight is 373 g/mol. The highest BCUT2D eigenvalue weighted by Crippen LogP contribution is 2.30. The number of rotatable bonds is 3. The fourth-order valence-electron chi connectivity index (χ4n) is 2.64. The third-order valence-corrected chi connectivity index (χ3v) is 6.22. The van der Waals surface area contributed by atoms with Crippen LogP contribution in [0.1, 0.15) is 37.4 Å². The minimum Gasteiger partial charge on any atom is -0.386 e. The summed E-state index contributed by atoms with van der Waals surface area (Å²) < 4.78 is 27.4. The Morgan fingerprint density at radius 2 is 1.81 bits per heavy atom. The molecule has 1 aromatic rings. The SMILES string of the molecule is O=S(=O)(c1ccc([C@@H]2CC(Br)=NO2)cc1)N1CCCCC1. The molecule has 2 aliphatic rings. The molecule has 0 radical (unpaired) electrons. The molecule has 1 fully saturated rings. The molecule has 114 valence electrons. The van der Waals surface area contributed by atoms with Crippen LogP contribution in [0, 0.1) is 0 Å². The van der Waals surface area contributed by atoms with Crippen LogP contribution in [-0.4, -0.2) is 30.4 Å². The summed E-state index contributed by atoms with van der Waals surface area (Å²) in [5, 5.41) is 3.85. The van der Waals surface area contributed by atoms with Gasteiger partial charge in [-0.25, -0.2) is 8.42 Å². The summed E-state index contributed by atoms with van der Waals surface area (Å²) in [6.45, 7) is 1.24. The lowest BCUT2D eigenvalue weighted by atomic mass is 10.1. The van der Waals surface area contributed by atoms with Gasteiger partial charge in [0.05, 0.1) is 4.90 Å². The molecule has 0 N–H and O–H groups in total. The zero-order chi connectivity index (χ0) is 14.9. The Hall–Kier alpha value is -0.920. The van der Waals surface area contributed by atoms with Crippen molar-refractivity contribution in [1.82, 2.24) is 4.31 Å². The smallest absolute Gasteiger partial charge is 0.243 e. The maximum absolute atomic E-state index is 12.5. The maximum atomic E-state index is 12.5. The maximum Gasteiger partial charge on any atom is 0.243 e. The Morgan fingerprint density at radius 1 is 1.14 bits per heavy atom. The molecular weight excluding hydrogens is 356 g/mol. The monoisotopic (exact) mass is 372 g/mol. The van der Waals surface area contributed by atoms with Gasteiger partial charge in [0.25, 0.3) is 0 Å². The van der Waals surface area contributed by atoms with Gasteiger partial charge in [0, 0.05) is 19.5 Å². The molecule has 7 heteroatoms. The lowest BCUT2D eigenvalue weighted by Gasteiger charge is -2.26. The molecule has 0 spiro atoms. The average Bonchev–Trinajstić information content (AvgIpc) is 2.95. The van der Waals surface area contributed by atoms with Crippen LogP contribution in [0.5, 0.6) is 0 Å². The molecule has 1 saturated heterocycles. The van der Waals surface area contributed by atoms with Crippen LogP contribution in [0.2, 0.25) is 0 Å². The van der Waals surface area contributed by atoms with E-state index >= 15 is 0 Å². The molecule has 2 aliphatic heterocycles. The molecular formula is C14H17BrN2O3S. The van der Waals surface area contributed by atoms with Crippen LogP contribution in [0.4, 0.5) is 0 Å². The van der Waals surface area contributed by atoms with Crippen LogP contribution >= 0.6 is 15.9 Å².